The van der Waals surface area contributed by atoms with E-state index in [-0.39, 0.29) is 185 Å². The molecule has 0 bridgehead atoms. The number of thioether (sulfide) groups is 8. The number of carbonyl (C=O) groups excluding carboxylic acids is 14. The number of aliphatic imine (C=N–C) groups is 2. The van der Waals surface area contributed by atoms with Crippen molar-refractivity contribution >= 4 is 224 Å². The average molecular weight is 2290 g/mol. The van der Waals surface area contributed by atoms with Crippen molar-refractivity contribution in [3.8, 4) is 0 Å². The van der Waals surface area contributed by atoms with Gasteiger partial charge in [0.05, 0.1) is 104 Å². The van der Waals surface area contributed by atoms with Crippen molar-refractivity contribution in [1.82, 2.24) is 9.37 Å². The molecule has 2 heterocycles. The van der Waals surface area contributed by atoms with Gasteiger partial charge in [-0.3, -0.25) is 76.5 Å². The number of carbonyl (C=O) groups is 14. The minimum Gasteiger partial charge on any atom is -0.380 e. The molecule has 4 aliphatic rings. The molecule has 0 spiro atoms. The maximum absolute atomic E-state index is 11.9. The van der Waals surface area contributed by atoms with Crippen LogP contribution in [0.5, 0.6) is 0 Å². The van der Waals surface area contributed by atoms with E-state index in [1.165, 1.54) is 166 Å². The molecule has 4 amide bonds. The standard InChI is InChI=1S/C20H36N2O4S2.C18H30O6S2.C18H32O4S2.C14H16N2O8S.C8H18N2S2.3C5H11B.CH5N.IO4.Na/c1-5-6-11-27-19(13-21-3)20(14-22-4)28-12-7-8-18(24)16-26-10-9-25-15-17(2)23;1-3-4-9-25-17(11-19)18(12-20)26-10-5-6-16(22)14-24-8-7-23-13-15(2)21;1-3-4-11-23-17-7-8-18(17)24-12-5-6-16(20)14-22-10-9-21-13-15(2)19;17-9-1-2-10(18)15(9)24-13(21)5-7-23-8-6-14(22)25-16-11(19)3-4-12(16)20;9-3-5-11-7-1-2-8(7)12-6-4-10;3*1-2-3-4-5-6;1-2;2-1(3,4)5;/h13-14,19-20H,5-12,15-16H2,1-4H3;11-12,17-18H,3-10,13-14H2,1-2H3;17-18H,3-14H2,1-2H3;1-8H2;7-8H,1-6,9-10H2;3*2-5H2,1H3;2H2,1H3;;/q;;;;;;;;;-1;+1. The number of halogens is 1. The Bertz CT molecular complexity index is 3050. The van der Waals surface area contributed by atoms with Crippen molar-refractivity contribution in [3.05, 3.63) is 0 Å². The molecule has 8 unspecified atom stereocenters. The molecule has 8 atom stereocenters. The number of ether oxygens (including phenoxy) is 7. The van der Waals surface area contributed by atoms with E-state index in [1.54, 1.807) is 7.05 Å². The molecule has 2 saturated heterocycles. The normalized spacial score (nSPS) is 15.7. The number of Topliss-reactive ketones (excluding diaryl/α,β-unsaturated/α-hetero) is 6. The summed E-state index contributed by atoms with van der Waals surface area (Å²) < 4.78 is 71.3. The summed E-state index contributed by atoms with van der Waals surface area (Å²) in [4.78, 5) is 171. The topological polar surface area (TPSA) is 514 Å². The van der Waals surface area contributed by atoms with Crippen LogP contribution >= 0.6 is 106 Å². The third kappa shape index (κ3) is 105. The van der Waals surface area contributed by atoms with Gasteiger partial charge in [0.15, 0.2) is 34.7 Å². The number of ketones is 6. The van der Waals surface area contributed by atoms with Gasteiger partial charge in [0.1, 0.15) is 72.3 Å². The predicted octanol–water partition coefficient (Wildman–Crippen LogP) is 4.21. The summed E-state index contributed by atoms with van der Waals surface area (Å²) in [6.07, 6.45) is 36.0. The number of unbranched alkanes of at least 4 members (excludes halogenated alkanes) is 9. The van der Waals surface area contributed by atoms with E-state index >= 15 is 0 Å². The summed E-state index contributed by atoms with van der Waals surface area (Å²) in [7, 11) is 20.7. The molecule has 6 radical (unpaired) electrons. The Labute approximate surface area is 915 Å². The Morgan fingerprint density at radius 1 is 0.397 bits per heavy atom. The smallest absolute Gasteiger partial charge is 0.380 e. The number of hydroxylamine groups is 2. The second-order valence-electron chi connectivity index (χ2n) is 31.3. The van der Waals surface area contributed by atoms with Crippen molar-refractivity contribution in [3.63, 3.8) is 0 Å². The second kappa shape index (κ2) is 114. The van der Waals surface area contributed by atoms with Gasteiger partial charge < -0.3 is 64.8 Å². The molecule has 0 aromatic carbocycles. The zero-order valence-corrected chi connectivity index (χ0v) is 98.4. The number of aldehydes is 2. The van der Waals surface area contributed by atoms with Gasteiger partial charge >= 0.3 is 35.5 Å². The minimum atomic E-state index is -5.94. The molecule has 4 fully saturated rings. The summed E-state index contributed by atoms with van der Waals surface area (Å²) in [5, 5.41) is 3.31. The predicted molar refractivity (Wildman–Crippen MR) is 573 cm³/mol. The summed E-state index contributed by atoms with van der Waals surface area (Å²) in [5.74, 6) is 5.61. The molecular weight excluding hydrogens is 2110 g/mol. The van der Waals surface area contributed by atoms with Crippen LogP contribution in [0.1, 0.15) is 261 Å². The summed E-state index contributed by atoms with van der Waals surface area (Å²) in [6.45, 7) is 21.5. The van der Waals surface area contributed by atoms with E-state index in [2.05, 4.69) is 73.9 Å². The van der Waals surface area contributed by atoms with Crippen molar-refractivity contribution in [1.29, 1.82) is 0 Å². The third-order valence-electron chi connectivity index (χ3n) is 18.4. The van der Waals surface area contributed by atoms with Crippen LogP contribution in [0, 0.1) is 0 Å². The number of nitrogens with two attached hydrogens (primary N) is 3. The van der Waals surface area contributed by atoms with Gasteiger partial charge in [-0.1, -0.05) is 138 Å². The van der Waals surface area contributed by atoms with E-state index in [0.717, 1.165) is 130 Å². The zero-order valence-electron chi connectivity index (χ0n) is 86.9. The molecule has 808 valence electrons. The fourth-order valence-electron chi connectivity index (χ4n) is 10.8. The summed E-state index contributed by atoms with van der Waals surface area (Å²) in [6, 6.07) is 0. The van der Waals surface area contributed by atoms with Gasteiger partial charge in [-0.25, -0.2) is 9.10 Å². The Morgan fingerprint density at radius 3 is 0.957 bits per heavy atom. The average Bonchev–Trinajstić information content (AvgIpc) is 1.28. The number of imide groups is 2. The molecule has 47 heteroatoms. The van der Waals surface area contributed by atoms with Crippen molar-refractivity contribution in [2.45, 2.75) is 322 Å². The van der Waals surface area contributed by atoms with Crippen molar-refractivity contribution in [2.24, 2.45) is 27.2 Å². The van der Waals surface area contributed by atoms with Crippen LogP contribution in [0.15, 0.2) is 9.98 Å². The molecule has 6 N–H and O–H groups in total. The molecule has 0 aromatic heterocycles. The van der Waals surface area contributed by atoms with Crippen LogP contribution in [0.4, 0.5) is 0 Å². The van der Waals surface area contributed by atoms with Gasteiger partial charge in [0.25, 0.3) is 11.8 Å². The molecular formula is C94H170B3IN7NaO26S9. The van der Waals surface area contributed by atoms with Crippen LogP contribution in [-0.2, 0) is 105 Å². The largest absolute Gasteiger partial charge is 1.00 e. The van der Waals surface area contributed by atoms with Gasteiger partial charge in [0.2, 0.25) is 16.9 Å². The molecule has 2 aliphatic carbocycles. The SMILES string of the molecule is CCCCSC(C=NC)C(C=NC)SCCCC(=O)COCCOCC(C)=O.CCCCSC(C=O)C(C=O)SCCCC(=O)COCCOCC(C)=O.CCCCSC1CCC1SCCCC(=O)COCCOCC(C)=O.CN.NCCSC1CCC1SCCN.O=C(CCOCCC(=O)SN1C(=O)CCC1=O)ON1C(=O)CCC1=O.[B]CCCCC.[B]CCCCC.[B]CCCCC.[Na+].[O-][I+3]([O-])([O-])[O-]. The van der Waals surface area contributed by atoms with Crippen LogP contribution in [-0.4, -0.2) is 342 Å². The minimum absolute atomic E-state index is 0. The maximum Gasteiger partial charge on any atom is 1.00 e. The van der Waals surface area contributed by atoms with E-state index < -0.39 is 54.8 Å². The first-order chi connectivity index (χ1) is 67.2. The van der Waals surface area contributed by atoms with Gasteiger partial charge in [-0.15, -0.1) is 28.6 Å². The number of nitrogens with zero attached hydrogens (tertiary/aromatic N) is 4. The second-order valence-corrected chi connectivity index (χ2v) is 45.0. The molecule has 33 nitrogen and oxygen atoms in total. The van der Waals surface area contributed by atoms with Gasteiger partial charge in [-0.2, -0.15) is 70.6 Å². The van der Waals surface area contributed by atoms with Crippen LogP contribution in [0.25, 0.3) is 0 Å². The Hall–Kier alpha value is -1.37. The van der Waals surface area contributed by atoms with E-state index in [9.17, 15) is 67.1 Å². The molecule has 2 saturated carbocycles. The van der Waals surface area contributed by atoms with Crippen molar-refractivity contribution < 1.29 is 169 Å². The molecule has 141 heavy (non-hydrogen) atoms. The number of rotatable bonds is 77. The summed E-state index contributed by atoms with van der Waals surface area (Å²) in [5.41, 5.74) is 15.4. The quantitative estimate of drug-likeness (QED) is 0.0146. The fourth-order valence-corrected chi connectivity index (χ4v) is 22.5. The van der Waals surface area contributed by atoms with Crippen LogP contribution in [0.2, 0.25) is 19.0 Å². The maximum atomic E-state index is 11.9. The number of amides is 4. The fraction of sp³-hybridized carbons (Fsp3) is 0.830. The first kappa shape index (κ1) is 153. The van der Waals surface area contributed by atoms with Crippen LogP contribution in [0.3, 0.4) is 0 Å². The molecule has 0 aromatic rings. The van der Waals surface area contributed by atoms with Crippen LogP contribution < -0.4 is 80.6 Å². The third-order valence-corrected chi connectivity index (χ3v) is 31.4. The van der Waals surface area contributed by atoms with E-state index in [4.69, 9.17) is 81.9 Å². The Morgan fingerprint density at radius 2 is 0.674 bits per heavy atom. The molecule has 2 aliphatic heterocycles. The Kier molecular flexibility index (Phi) is 124. The molecule has 4 rings (SSSR count). The van der Waals surface area contributed by atoms with Gasteiger partial charge in [0, 0.05) is 135 Å². The van der Waals surface area contributed by atoms with E-state index in [0.29, 0.717) is 80.1 Å². The number of hydrogen-bond donors (Lipinski definition) is 3. The summed E-state index contributed by atoms with van der Waals surface area (Å²) >= 11 is 9.56. The first-order valence-corrected chi connectivity index (χ1v) is 61.5. The van der Waals surface area contributed by atoms with E-state index in [1.807, 2.05) is 78.3 Å². The first-order valence-electron chi connectivity index (χ1n) is 48.8. The Balaban J connectivity index is -0.000000302. The zero-order chi connectivity index (χ0) is 106. The van der Waals surface area contributed by atoms with Crippen molar-refractivity contribution in [2.75, 3.05) is 173 Å². The number of hydrogen-bond acceptors (Lipinski definition) is 40. The monoisotopic (exact) mass is 2280 g/mol. The van der Waals surface area contributed by atoms with Gasteiger partial charge in [-0.05, 0) is 127 Å².